The van der Waals surface area contributed by atoms with Crippen molar-refractivity contribution in [2.75, 3.05) is 6.54 Å². The number of rotatable bonds is 3. The molecular formula is C14H18NO. The summed E-state index contributed by atoms with van der Waals surface area (Å²) in [5.74, 6) is 0.628. The van der Waals surface area contributed by atoms with Crippen molar-refractivity contribution >= 4 is 5.78 Å². The highest BCUT2D eigenvalue weighted by Gasteiger charge is 2.27. The topological polar surface area (TPSA) is 31.2 Å². The van der Waals surface area contributed by atoms with Gasteiger partial charge in [0.2, 0.25) is 0 Å². The lowest BCUT2D eigenvalue weighted by Gasteiger charge is -2.28. The first kappa shape index (κ1) is 11.3. The highest BCUT2D eigenvalue weighted by atomic mass is 16.1. The molecule has 1 aliphatic rings. The number of ketones is 1. The molecule has 0 N–H and O–H groups in total. The van der Waals surface area contributed by atoms with E-state index in [1.54, 1.807) is 0 Å². The molecule has 2 heteroatoms. The standard InChI is InChI=1S/C14H18NO/c1-2-14(16)12-8-9-15-13(10-12)11-6-4-3-5-7-11/h3-7,12-13H,2,8-10H2,1H3. The number of hydrogen-bond acceptors (Lipinski definition) is 1. The van der Waals surface area contributed by atoms with Crippen LogP contribution >= 0.6 is 0 Å². The maximum absolute atomic E-state index is 11.7. The Hall–Kier alpha value is -1.15. The van der Waals surface area contributed by atoms with Crippen LogP contribution in [0.25, 0.3) is 0 Å². The predicted molar refractivity (Wildman–Crippen MR) is 64.2 cm³/mol. The van der Waals surface area contributed by atoms with E-state index in [1.807, 2.05) is 25.1 Å². The average Bonchev–Trinajstić information content (AvgIpc) is 2.39. The number of piperidine rings is 1. The molecule has 2 unspecified atom stereocenters. The van der Waals surface area contributed by atoms with E-state index in [0.29, 0.717) is 12.2 Å². The molecule has 1 heterocycles. The number of Topliss-reactive ketones (excluding diaryl/α,β-unsaturated/α-hetero) is 1. The second kappa shape index (κ2) is 5.26. The molecule has 16 heavy (non-hydrogen) atoms. The van der Waals surface area contributed by atoms with Gasteiger partial charge in [0.15, 0.2) is 0 Å². The molecule has 0 amide bonds. The van der Waals surface area contributed by atoms with Crippen molar-refractivity contribution < 1.29 is 4.79 Å². The molecule has 0 aromatic heterocycles. The van der Waals surface area contributed by atoms with Gasteiger partial charge >= 0.3 is 0 Å². The van der Waals surface area contributed by atoms with Crippen LogP contribution in [0.4, 0.5) is 0 Å². The Kier molecular flexibility index (Phi) is 3.73. The summed E-state index contributed by atoms with van der Waals surface area (Å²) in [6.07, 6.45) is 2.50. The summed E-state index contributed by atoms with van der Waals surface area (Å²) in [4.78, 5) is 11.7. The minimum atomic E-state index is 0.229. The Morgan fingerprint density at radius 1 is 1.38 bits per heavy atom. The van der Waals surface area contributed by atoms with Gasteiger partial charge in [-0.15, -0.1) is 0 Å². The first-order valence-corrected chi connectivity index (χ1v) is 6.05. The zero-order chi connectivity index (χ0) is 11.4. The molecule has 85 valence electrons. The summed E-state index contributed by atoms with van der Waals surface area (Å²) in [7, 11) is 0. The van der Waals surface area contributed by atoms with Crippen LogP contribution < -0.4 is 5.32 Å². The lowest BCUT2D eigenvalue weighted by Crippen LogP contribution is -2.30. The van der Waals surface area contributed by atoms with Crippen molar-refractivity contribution in [2.24, 2.45) is 5.92 Å². The van der Waals surface area contributed by atoms with Gasteiger partial charge in [-0.05, 0) is 18.4 Å². The molecular weight excluding hydrogens is 198 g/mol. The first-order valence-electron chi connectivity index (χ1n) is 6.05. The van der Waals surface area contributed by atoms with E-state index in [9.17, 15) is 4.79 Å². The first-order chi connectivity index (χ1) is 7.81. The molecule has 2 rings (SSSR count). The van der Waals surface area contributed by atoms with Gasteiger partial charge in [-0.3, -0.25) is 4.79 Å². The molecule has 0 bridgehead atoms. The van der Waals surface area contributed by atoms with Crippen LogP contribution in [-0.4, -0.2) is 12.3 Å². The van der Waals surface area contributed by atoms with E-state index in [2.05, 4.69) is 17.4 Å². The fraction of sp³-hybridized carbons (Fsp3) is 0.500. The zero-order valence-electron chi connectivity index (χ0n) is 9.73. The van der Waals surface area contributed by atoms with Crippen LogP contribution in [0.1, 0.15) is 37.8 Å². The number of nitrogens with zero attached hydrogens (tertiary/aromatic N) is 1. The van der Waals surface area contributed by atoms with Crippen molar-refractivity contribution in [2.45, 2.75) is 32.2 Å². The Morgan fingerprint density at radius 2 is 2.12 bits per heavy atom. The largest absolute Gasteiger partial charge is 0.299 e. The van der Waals surface area contributed by atoms with Gasteiger partial charge in [-0.1, -0.05) is 37.3 Å². The molecule has 2 nitrogen and oxygen atoms in total. The van der Waals surface area contributed by atoms with E-state index in [0.717, 1.165) is 19.4 Å². The van der Waals surface area contributed by atoms with Gasteiger partial charge in [0.05, 0.1) is 6.04 Å². The maximum Gasteiger partial charge on any atom is 0.135 e. The number of benzene rings is 1. The third-order valence-corrected chi connectivity index (χ3v) is 3.32. The number of carbonyl (C=O) groups excluding carboxylic acids is 1. The average molecular weight is 216 g/mol. The summed E-state index contributed by atoms with van der Waals surface area (Å²) in [6.45, 7) is 2.78. The van der Waals surface area contributed by atoms with Crippen LogP contribution in [-0.2, 0) is 4.79 Å². The molecule has 0 aliphatic carbocycles. The smallest absolute Gasteiger partial charge is 0.135 e. The molecule has 0 saturated carbocycles. The van der Waals surface area contributed by atoms with E-state index < -0.39 is 0 Å². The number of hydrogen-bond donors (Lipinski definition) is 0. The predicted octanol–water partition coefficient (Wildman–Crippen LogP) is 2.72. The van der Waals surface area contributed by atoms with Crippen molar-refractivity contribution in [3.8, 4) is 0 Å². The van der Waals surface area contributed by atoms with Crippen LogP contribution in [0.3, 0.4) is 0 Å². The van der Waals surface area contributed by atoms with Crippen molar-refractivity contribution in [1.29, 1.82) is 0 Å². The lowest BCUT2D eigenvalue weighted by atomic mass is 9.85. The monoisotopic (exact) mass is 216 g/mol. The van der Waals surface area contributed by atoms with Gasteiger partial charge in [-0.2, -0.15) is 0 Å². The van der Waals surface area contributed by atoms with Crippen molar-refractivity contribution in [1.82, 2.24) is 5.32 Å². The molecule has 1 aliphatic heterocycles. The molecule has 1 radical (unpaired) electrons. The Bertz CT molecular complexity index is 347. The molecule has 0 spiro atoms. The van der Waals surface area contributed by atoms with Gasteiger partial charge in [0.1, 0.15) is 5.78 Å². The molecule has 1 fully saturated rings. The van der Waals surface area contributed by atoms with E-state index in [1.165, 1.54) is 5.56 Å². The number of carbonyl (C=O) groups is 1. The highest BCUT2D eigenvalue weighted by Crippen LogP contribution is 2.29. The molecule has 1 aromatic rings. The Labute approximate surface area is 97.1 Å². The Balaban J connectivity index is 2.05. The summed E-state index contributed by atoms with van der Waals surface area (Å²) < 4.78 is 0. The zero-order valence-corrected chi connectivity index (χ0v) is 9.73. The van der Waals surface area contributed by atoms with Crippen LogP contribution in [0.15, 0.2) is 30.3 Å². The quantitative estimate of drug-likeness (QED) is 0.764. The summed E-state index contributed by atoms with van der Waals surface area (Å²) >= 11 is 0. The van der Waals surface area contributed by atoms with Crippen LogP contribution in [0.2, 0.25) is 0 Å². The summed E-state index contributed by atoms with van der Waals surface area (Å²) in [5, 5.41) is 4.61. The van der Waals surface area contributed by atoms with Gasteiger partial charge < -0.3 is 0 Å². The maximum atomic E-state index is 11.7. The van der Waals surface area contributed by atoms with Crippen molar-refractivity contribution in [3.63, 3.8) is 0 Å². The highest BCUT2D eigenvalue weighted by molar-refractivity contribution is 5.80. The summed E-state index contributed by atoms with van der Waals surface area (Å²) in [6, 6.07) is 10.5. The summed E-state index contributed by atoms with van der Waals surface area (Å²) in [5.41, 5.74) is 1.25. The normalized spacial score (nSPS) is 25.3. The third kappa shape index (κ3) is 2.50. The molecule has 1 saturated heterocycles. The van der Waals surface area contributed by atoms with E-state index in [4.69, 9.17) is 0 Å². The minimum absolute atomic E-state index is 0.229. The second-order valence-corrected chi connectivity index (χ2v) is 4.37. The Morgan fingerprint density at radius 3 is 2.81 bits per heavy atom. The molecule has 1 aromatic carbocycles. The van der Waals surface area contributed by atoms with Gasteiger partial charge in [0.25, 0.3) is 0 Å². The van der Waals surface area contributed by atoms with E-state index >= 15 is 0 Å². The van der Waals surface area contributed by atoms with E-state index in [-0.39, 0.29) is 12.0 Å². The SMILES string of the molecule is CCC(=O)C1CC[N]C(c2ccccc2)C1. The van der Waals surface area contributed by atoms with Crippen molar-refractivity contribution in [3.05, 3.63) is 35.9 Å². The van der Waals surface area contributed by atoms with Crippen LogP contribution in [0, 0.1) is 5.92 Å². The minimum Gasteiger partial charge on any atom is -0.299 e. The third-order valence-electron chi connectivity index (χ3n) is 3.32. The molecule has 2 atom stereocenters. The fourth-order valence-corrected chi connectivity index (χ4v) is 2.35. The van der Waals surface area contributed by atoms with Gasteiger partial charge in [-0.25, -0.2) is 5.32 Å². The lowest BCUT2D eigenvalue weighted by molar-refractivity contribution is -0.123. The fourth-order valence-electron chi connectivity index (χ4n) is 2.35. The van der Waals surface area contributed by atoms with Crippen LogP contribution in [0.5, 0.6) is 0 Å². The van der Waals surface area contributed by atoms with Gasteiger partial charge in [0, 0.05) is 18.9 Å². The second-order valence-electron chi connectivity index (χ2n) is 4.37.